The Balaban J connectivity index is 1.43. The van der Waals surface area contributed by atoms with Crippen molar-refractivity contribution in [2.75, 3.05) is 26.0 Å². The van der Waals surface area contributed by atoms with Gasteiger partial charge in [0, 0.05) is 7.05 Å². The fraction of sp³-hybridized carbons (Fsp3) is 0.300. The summed E-state index contributed by atoms with van der Waals surface area (Å²) in [5.74, 6) is 2.23. The van der Waals surface area contributed by atoms with Gasteiger partial charge in [0.15, 0.2) is 0 Å². The summed E-state index contributed by atoms with van der Waals surface area (Å²) in [6.07, 6.45) is 0. The number of ether oxygens (including phenoxy) is 1. The van der Waals surface area contributed by atoms with Crippen LogP contribution >= 0.6 is 11.8 Å². The Morgan fingerprint density at radius 1 is 1.19 bits per heavy atom. The number of carbonyl (C=O) groups is 1. The van der Waals surface area contributed by atoms with Gasteiger partial charge in [0.2, 0.25) is 5.91 Å². The third-order valence-corrected chi connectivity index (χ3v) is 5.25. The van der Waals surface area contributed by atoms with Gasteiger partial charge in [-0.25, -0.2) is 4.98 Å². The average molecular weight is 369 g/mol. The van der Waals surface area contributed by atoms with E-state index in [1.165, 1.54) is 0 Å². The van der Waals surface area contributed by atoms with E-state index in [0.29, 0.717) is 18.9 Å². The maximum atomic E-state index is 12.3. The second kappa shape index (κ2) is 8.76. The van der Waals surface area contributed by atoms with Gasteiger partial charge in [-0.15, -0.1) is 11.8 Å². The number of aromatic nitrogens is 2. The number of para-hydroxylation sites is 3. The molecule has 3 aromatic rings. The van der Waals surface area contributed by atoms with E-state index in [2.05, 4.69) is 16.9 Å². The first-order valence-corrected chi connectivity index (χ1v) is 9.66. The molecule has 1 heterocycles. The van der Waals surface area contributed by atoms with E-state index in [4.69, 9.17) is 4.74 Å². The van der Waals surface area contributed by atoms with E-state index >= 15 is 0 Å². The van der Waals surface area contributed by atoms with Crippen molar-refractivity contribution in [3.63, 3.8) is 0 Å². The zero-order valence-electron chi connectivity index (χ0n) is 15.0. The second-order valence-corrected chi connectivity index (χ2v) is 7.40. The Bertz CT molecular complexity index is 817. The van der Waals surface area contributed by atoms with Crippen LogP contribution in [-0.2, 0) is 4.79 Å². The van der Waals surface area contributed by atoms with E-state index in [9.17, 15) is 4.79 Å². The number of amides is 1. The van der Waals surface area contributed by atoms with Crippen molar-refractivity contribution in [1.29, 1.82) is 0 Å². The maximum Gasteiger partial charge on any atom is 0.232 e. The van der Waals surface area contributed by atoms with Gasteiger partial charge < -0.3 is 14.6 Å². The number of benzene rings is 2. The van der Waals surface area contributed by atoms with Crippen LogP contribution in [-0.4, -0.2) is 46.7 Å². The smallest absolute Gasteiger partial charge is 0.232 e. The molecule has 0 fully saturated rings. The zero-order chi connectivity index (χ0) is 18.4. The Morgan fingerprint density at radius 3 is 2.69 bits per heavy atom. The number of H-pyrrole nitrogens is 1. The fourth-order valence-electron chi connectivity index (χ4n) is 2.49. The maximum absolute atomic E-state index is 12.3. The average Bonchev–Trinajstić information content (AvgIpc) is 3.11. The molecule has 0 bridgehead atoms. The molecule has 1 unspecified atom stereocenters. The highest BCUT2D eigenvalue weighted by Gasteiger charge is 2.15. The first kappa shape index (κ1) is 18.3. The molecule has 1 amide bonds. The van der Waals surface area contributed by atoms with Crippen molar-refractivity contribution >= 4 is 28.7 Å². The third-order valence-electron chi connectivity index (χ3n) is 4.11. The predicted molar refractivity (Wildman–Crippen MR) is 107 cm³/mol. The molecule has 2 aromatic carbocycles. The minimum absolute atomic E-state index is 0.0922. The normalized spacial score (nSPS) is 12.1. The van der Waals surface area contributed by atoms with Gasteiger partial charge in [-0.1, -0.05) is 30.3 Å². The van der Waals surface area contributed by atoms with Crippen molar-refractivity contribution in [1.82, 2.24) is 14.9 Å². The lowest BCUT2D eigenvalue weighted by atomic mass is 10.3. The van der Waals surface area contributed by atoms with Crippen molar-refractivity contribution in [2.45, 2.75) is 12.2 Å². The van der Waals surface area contributed by atoms with Crippen LogP contribution in [0.25, 0.3) is 11.0 Å². The highest BCUT2D eigenvalue weighted by Crippen LogP contribution is 2.27. The van der Waals surface area contributed by atoms with Gasteiger partial charge in [0.05, 0.1) is 28.6 Å². The Labute approximate surface area is 157 Å². The van der Waals surface area contributed by atoms with Gasteiger partial charge in [-0.05, 0) is 31.2 Å². The van der Waals surface area contributed by atoms with E-state index in [-0.39, 0.29) is 11.2 Å². The lowest BCUT2D eigenvalue weighted by Gasteiger charge is -2.18. The Kier molecular flexibility index (Phi) is 6.17. The third kappa shape index (κ3) is 4.79. The van der Waals surface area contributed by atoms with E-state index in [1.54, 1.807) is 16.7 Å². The number of carbonyl (C=O) groups excluding carboxylic acids is 1. The predicted octanol–water partition coefficient (Wildman–Crippen LogP) is 3.89. The second-order valence-electron chi connectivity index (χ2n) is 6.07. The van der Waals surface area contributed by atoms with Crippen LogP contribution in [0.5, 0.6) is 5.75 Å². The number of nitrogens with one attached hydrogen (secondary N) is 1. The topological polar surface area (TPSA) is 58.2 Å². The van der Waals surface area contributed by atoms with Crippen molar-refractivity contribution in [3.8, 4) is 5.75 Å². The molecule has 26 heavy (non-hydrogen) atoms. The standard InChI is InChI=1S/C20H23N3O2S/c1-15(20-21-17-10-6-7-11-18(17)22-20)26-14-19(24)23(2)12-13-25-16-8-4-3-5-9-16/h3-11,15H,12-14H2,1-2H3,(H,21,22). The van der Waals surface area contributed by atoms with Gasteiger partial charge in [-0.3, -0.25) is 4.79 Å². The van der Waals surface area contributed by atoms with Crippen LogP contribution in [0.2, 0.25) is 0 Å². The van der Waals surface area contributed by atoms with Crippen molar-refractivity contribution in [2.24, 2.45) is 0 Å². The molecule has 136 valence electrons. The van der Waals surface area contributed by atoms with Crippen LogP contribution in [0.1, 0.15) is 18.0 Å². The zero-order valence-corrected chi connectivity index (χ0v) is 15.8. The highest BCUT2D eigenvalue weighted by atomic mass is 32.2. The van der Waals surface area contributed by atoms with Crippen molar-refractivity contribution < 1.29 is 9.53 Å². The van der Waals surface area contributed by atoms with Gasteiger partial charge in [-0.2, -0.15) is 0 Å². The summed E-state index contributed by atoms with van der Waals surface area (Å²) in [7, 11) is 1.81. The number of thioether (sulfide) groups is 1. The monoisotopic (exact) mass is 369 g/mol. The molecule has 6 heteroatoms. The first-order chi connectivity index (χ1) is 12.6. The summed E-state index contributed by atoms with van der Waals surface area (Å²) in [5.41, 5.74) is 1.98. The van der Waals surface area contributed by atoms with Crippen molar-refractivity contribution in [3.05, 3.63) is 60.4 Å². The molecule has 0 aliphatic carbocycles. The number of likely N-dealkylation sites (N-methyl/N-ethyl adjacent to an activating group) is 1. The van der Waals surface area contributed by atoms with E-state index in [1.807, 2.05) is 61.6 Å². The minimum Gasteiger partial charge on any atom is -0.492 e. The largest absolute Gasteiger partial charge is 0.492 e. The van der Waals surface area contributed by atoms with E-state index < -0.39 is 0 Å². The highest BCUT2D eigenvalue weighted by molar-refractivity contribution is 8.00. The van der Waals surface area contributed by atoms with Gasteiger partial charge in [0.1, 0.15) is 18.2 Å². The molecular weight excluding hydrogens is 346 g/mol. The van der Waals surface area contributed by atoms with Crippen LogP contribution in [0, 0.1) is 0 Å². The molecule has 0 saturated carbocycles. The molecule has 5 nitrogen and oxygen atoms in total. The summed E-state index contributed by atoms with van der Waals surface area (Å²) in [5, 5.41) is 0.125. The molecule has 0 aliphatic rings. The number of aromatic amines is 1. The first-order valence-electron chi connectivity index (χ1n) is 8.61. The molecule has 0 radical (unpaired) electrons. The summed E-state index contributed by atoms with van der Waals surface area (Å²) in [6, 6.07) is 17.6. The number of imidazole rings is 1. The van der Waals surface area contributed by atoms with Gasteiger partial charge in [0.25, 0.3) is 0 Å². The quantitative estimate of drug-likeness (QED) is 0.654. The summed E-state index contributed by atoms with van der Waals surface area (Å²) < 4.78 is 5.64. The Hall–Kier alpha value is -2.47. The summed E-state index contributed by atoms with van der Waals surface area (Å²) >= 11 is 1.59. The van der Waals surface area contributed by atoms with Crippen LogP contribution in [0.15, 0.2) is 54.6 Å². The molecule has 3 rings (SSSR count). The lowest BCUT2D eigenvalue weighted by molar-refractivity contribution is -0.127. The number of hydrogen-bond acceptors (Lipinski definition) is 4. The van der Waals surface area contributed by atoms with Gasteiger partial charge >= 0.3 is 0 Å². The number of rotatable bonds is 8. The minimum atomic E-state index is 0.0922. The lowest BCUT2D eigenvalue weighted by Crippen LogP contribution is -2.32. The summed E-state index contributed by atoms with van der Waals surface area (Å²) in [6.45, 7) is 3.11. The number of hydrogen-bond donors (Lipinski definition) is 1. The SMILES string of the molecule is CC(SCC(=O)N(C)CCOc1ccccc1)c1nc2ccccc2[nH]1. The van der Waals surface area contributed by atoms with Crippen LogP contribution in [0.4, 0.5) is 0 Å². The molecule has 0 saturated heterocycles. The van der Waals surface area contributed by atoms with Crippen LogP contribution in [0.3, 0.4) is 0 Å². The summed E-state index contributed by atoms with van der Waals surface area (Å²) in [4.78, 5) is 21.9. The Morgan fingerprint density at radius 2 is 1.92 bits per heavy atom. The number of nitrogens with zero attached hydrogens (tertiary/aromatic N) is 2. The fourth-order valence-corrected chi connectivity index (χ4v) is 3.37. The molecular formula is C20H23N3O2S. The number of fused-ring (bicyclic) bond motifs is 1. The van der Waals surface area contributed by atoms with Crippen LogP contribution < -0.4 is 4.74 Å². The molecule has 1 aromatic heterocycles. The molecule has 0 aliphatic heterocycles. The molecule has 0 spiro atoms. The van der Waals surface area contributed by atoms with E-state index in [0.717, 1.165) is 22.6 Å². The molecule has 1 N–H and O–H groups in total. The molecule has 1 atom stereocenters.